The topological polar surface area (TPSA) is 65.5 Å². The highest BCUT2D eigenvalue weighted by atomic mass is 127. The first-order valence-corrected chi connectivity index (χ1v) is 8.85. The van der Waals surface area contributed by atoms with E-state index in [9.17, 15) is 4.79 Å². The van der Waals surface area contributed by atoms with Gasteiger partial charge in [0.15, 0.2) is 5.96 Å². The third-order valence-corrected chi connectivity index (χ3v) is 4.76. The first-order chi connectivity index (χ1) is 11.6. The number of nitrogens with one attached hydrogen (secondary N) is 3. The molecule has 2 rings (SSSR count). The molecule has 3 N–H and O–H groups in total. The fourth-order valence-corrected chi connectivity index (χ4v) is 3.01. The molecular formula is C19H31IN4O. The Labute approximate surface area is 168 Å². The van der Waals surface area contributed by atoms with Crippen LogP contribution in [-0.2, 0) is 10.2 Å². The van der Waals surface area contributed by atoms with Crippen molar-refractivity contribution in [1.82, 2.24) is 16.0 Å². The van der Waals surface area contributed by atoms with Gasteiger partial charge in [0.05, 0.1) is 0 Å². The summed E-state index contributed by atoms with van der Waals surface area (Å²) >= 11 is 0. The Morgan fingerprint density at radius 1 is 1.12 bits per heavy atom. The predicted molar refractivity (Wildman–Crippen MR) is 115 cm³/mol. The van der Waals surface area contributed by atoms with Crippen molar-refractivity contribution >= 4 is 35.8 Å². The molecule has 0 bridgehead atoms. The third kappa shape index (κ3) is 6.17. The summed E-state index contributed by atoms with van der Waals surface area (Å²) in [7, 11) is 1.78. The lowest BCUT2D eigenvalue weighted by atomic mass is 9.64. The number of halogens is 1. The van der Waals surface area contributed by atoms with Gasteiger partial charge in [-0.3, -0.25) is 9.79 Å². The van der Waals surface area contributed by atoms with Gasteiger partial charge in [0, 0.05) is 38.0 Å². The number of amides is 1. The maximum atomic E-state index is 11.5. The maximum Gasteiger partial charge on any atom is 0.222 e. The van der Waals surface area contributed by atoms with Crippen molar-refractivity contribution in [3.8, 4) is 0 Å². The number of guanidine groups is 1. The van der Waals surface area contributed by atoms with Crippen LogP contribution in [0.5, 0.6) is 0 Å². The number of nitrogens with zero attached hydrogens (tertiary/aromatic N) is 1. The van der Waals surface area contributed by atoms with Crippen LogP contribution in [0.2, 0.25) is 0 Å². The highest BCUT2D eigenvalue weighted by molar-refractivity contribution is 14.0. The fourth-order valence-electron chi connectivity index (χ4n) is 3.01. The van der Waals surface area contributed by atoms with Crippen molar-refractivity contribution in [3.63, 3.8) is 0 Å². The number of rotatable bonds is 7. The van der Waals surface area contributed by atoms with E-state index in [1.54, 1.807) is 7.05 Å². The van der Waals surface area contributed by atoms with Crippen LogP contribution in [0.25, 0.3) is 0 Å². The molecule has 0 atom stereocenters. The van der Waals surface area contributed by atoms with Crippen molar-refractivity contribution in [2.24, 2.45) is 10.9 Å². The Hall–Kier alpha value is -1.31. The van der Waals surface area contributed by atoms with E-state index in [-0.39, 0.29) is 41.2 Å². The lowest BCUT2D eigenvalue weighted by Gasteiger charge is -2.43. The van der Waals surface area contributed by atoms with Crippen molar-refractivity contribution < 1.29 is 4.79 Å². The molecule has 1 aliphatic carbocycles. The molecule has 6 heteroatoms. The van der Waals surface area contributed by atoms with Gasteiger partial charge in [-0.1, -0.05) is 50.6 Å². The summed E-state index contributed by atoms with van der Waals surface area (Å²) in [5.41, 5.74) is 1.63. The van der Waals surface area contributed by atoms with E-state index >= 15 is 0 Å². The summed E-state index contributed by atoms with van der Waals surface area (Å²) in [5.74, 6) is 0.889. The van der Waals surface area contributed by atoms with Gasteiger partial charge < -0.3 is 16.0 Å². The van der Waals surface area contributed by atoms with Crippen LogP contribution in [0.4, 0.5) is 0 Å². The lowest BCUT2D eigenvalue weighted by Crippen LogP contribution is -2.49. The van der Waals surface area contributed by atoms with E-state index in [4.69, 9.17) is 0 Å². The van der Waals surface area contributed by atoms with E-state index in [0.717, 1.165) is 12.5 Å². The molecule has 0 spiro atoms. The molecule has 0 unspecified atom stereocenters. The van der Waals surface area contributed by atoms with Crippen LogP contribution >= 0.6 is 24.0 Å². The Balaban J connectivity index is 0.00000312. The number of hydrogen-bond acceptors (Lipinski definition) is 2. The van der Waals surface area contributed by atoms with Gasteiger partial charge in [-0.05, 0) is 18.4 Å². The second-order valence-corrected chi connectivity index (χ2v) is 6.80. The van der Waals surface area contributed by atoms with E-state index in [1.807, 2.05) is 13.8 Å². The third-order valence-electron chi connectivity index (χ3n) is 4.76. The second kappa shape index (κ2) is 10.6. The van der Waals surface area contributed by atoms with E-state index in [0.29, 0.717) is 13.1 Å². The molecule has 140 valence electrons. The Bertz CT molecular complexity index is 556. The number of carbonyl (C=O) groups excluding carboxylic acids is 1. The molecule has 1 aromatic carbocycles. The predicted octanol–water partition coefficient (Wildman–Crippen LogP) is 2.66. The summed E-state index contributed by atoms with van der Waals surface area (Å²) < 4.78 is 0. The van der Waals surface area contributed by atoms with Crippen LogP contribution in [0, 0.1) is 5.92 Å². The molecule has 1 saturated carbocycles. The highest BCUT2D eigenvalue weighted by Gasteiger charge is 2.38. The molecule has 0 saturated heterocycles. The zero-order valence-corrected chi connectivity index (χ0v) is 17.8. The fraction of sp³-hybridized carbons (Fsp3) is 0.579. The number of carbonyl (C=O) groups is 1. The molecule has 1 amide bonds. The molecule has 25 heavy (non-hydrogen) atoms. The Kier molecular flexibility index (Phi) is 9.24. The quantitative estimate of drug-likeness (QED) is 0.255. The minimum Gasteiger partial charge on any atom is -0.356 e. The van der Waals surface area contributed by atoms with Gasteiger partial charge in [-0.2, -0.15) is 0 Å². The molecule has 0 radical (unpaired) electrons. The Morgan fingerprint density at radius 2 is 1.76 bits per heavy atom. The monoisotopic (exact) mass is 458 g/mol. The van der Waals surface area contributed by atoms with Crippen LogP contribution in [0.3, 0.4) is 0 Å². The van der Waals surface area contributed by atoms with Gasteiger partial charge in [0.1, 0.15) is 0 Å². The summed E-state index contributed by atoms with van der Waals surface area (Å²) in [6.07, 6.45) is 3.71. The number of aliphatic imine (C=N–C) groups is 1. The molecule has 5 nitrogen and oxygen atoms in total. The largest absolute Gasteiger partial charge is 0.356 e. The molecule has 1 fully saturated rings. The smallest absolute Gasteiger partial charge is 0.222 e. The molecular weight excluding hydrogens is 427 g/mol. The normalized spacial score (nSPS) is 15.8. The zero-order valence-electron chi connectivity index (χ0n) is 15.5. The molecule has 0 heterocycles. The molecule has 1 aliphatic rings. The summed E-state index contributed by atoms with van der Waals surface area (Å²) in [4.78, 5) is 15.8. The first-order valence-electron chi connectivity index (χ1n) is 8.85. The van der Waals surface area contributed by atoms with Crippen LogP contribution in [0.1, 0.15) is 38.7 Å². The van der Waals surface area contributed by atoms with Crippen LogP contribution in [-0.4, -0.2) is 38.5 Å². The molecule has 0 aromatic heterocycles. The van der Waals surface area contributed by atoms with Gasteiger partial charge in [0.2, 0.25) is 5.91 Å². The summed E-state index contributed by atoms with van der Waals surface area (Å²) in [5, 5.41) is 9.61. The molecule has 1 aromatic rings. The minimum absolute atomic E-state index is 0. The van der Waals surface area contributed by atoms with Crippen molar-refractivity contribution in [2.75, 3.05) is 26.7 Å². The standard InChI is InChI=1S/C19H30N4O.HI/c1-15(2)17(24)21-12-13-22-18(20-3)23-14-19(10-7-11-19)16-8-5-4-6-9-16;/h4-6,8-9,15H,7,10-14H2,1-3H3,(H,21,24)(H2,20,22,23);1H. The Morgan fingerprint density at radius 3 is 2.28 bits per heavy atom. The minimum atomic E-state index is 0. The maximum absolute atomic E-state index is 11.5. The number of benzene rings is 1. The zero-order chi connectivity index (χ0) is 17.4. The SMILES string of the molecule is CN=C(NCCNC(=O)C(C)C)NCC1(c2ccccc2)CCC1.I. The second-order valence-electron chi connectivity index (χ2n) is 6.80. The van der Waals surface area contributed by atoms with Crippen molar-refractivity contribution in [1.29, 1.82) is 0 Å². The average molecular weight is 458 g/mol. The van der Waals surface area contributed by atoms with E-state index in [1.165, 1.54) is 24.8 Å². The van der Waals surface area contributed by atoms with Crippen molar-refractivity contribution in [3.05, 3.63) is 35.9 Å². The highest BCUT2D eigenvalue weighted by Crippen LogP contribution is 2.43. The van der Waals surface area contributed by atoms with Gasteiger partial charge in [0.25, 0.3) is 0 Å². The van der Waals surface area contributed by atoms with Gasteiger partial charge >= 0.3 is 0 Å². The van der Waals surface area contributed by atoms with Crippen LogP contribution < -0.4 is 16.0 Å². The average Bonchev–Trinajstić information content (AvgIpc) is 2.56. The van der Waals surface area contributed by atoms with Crippen LogP contribution in [0.15, 0.2) is 35.3 Å². The van der Waals surface area contributed by atoms with Gasteiger partial charge in [-0.25, -0.2) is 0 Å². The van der Waals surface area contributed by atoms with E-state index < -0.39 is 0 Å². The lowest BCUT2D eigenvalue weighted by molar-refractivity contribution is -0.123. The summed E-state index contributed by atoms with van der Waals surface area (Å²) in [6, 6.07) is 10.7. The number of hydrogen-bond donors (Lipinski definition) is 3. The van der Waals surface area contributed by atoms with Gasteiger partial charge in [-0.15, -0.1) is 24.0 Å². The van der Waals surface area contributed by atoms with E-state index in [2.05, 4.69) is 51.3 Å². The first kappa shape index (κ1) is 21.7. The molecule has 0 aliphatic heterocycles. The van der Waals surface area contributed by atoms with Crippen molar-refractivity contribution in [2.45, 2.75) is 38.5 Å². The summed E-state index contributed by atoms with van der Waals surface area (Å²) in [6.45, 7) is 5.93.